The van der Waals surface area contributed by atoms with Gasteiger partial charge in [0.25, 0.3) is 5.56 Å². The zero-order valence-corrected chi connectivity index (χ0v) is 11.9. The van der Waals surface area contributed by atoms with E-state index in [1.807, 2.05) is 38.1 Å². The number of carboxylic acids is 1. The number of aromatic nitrogens is 1. The van der Waals surface area contributed by atoms with Crippen molar-refractivity contribution >= 4 is 16.7 Å². The number of aryl methyl sites for hydroxylation is 1. The maximum atomic E-state index is 12.5. The van der Waals surface area contributed by atoms with E-state index in [2.05, 4.69) is 0 Å². The van der Waals surface area contributed by atoms with Gasteiger partial charge in [-0.3, -0.25) is 4.79 Å². The molecule has 1 N–H and O–H groups in total. The van der Waals surface area contributed by atoms with Crippen LogP contribution in [0.1, 0.15) is 16.1 Å². The maximum Gasteiger partial charge on any atom is 0.352 e. The molecule has 0 atom stereocenters. The first kappa shape index (κ1) is 14.3. The number of carboxylic acid groups (broad SMARTS) is 1. The van der Waals surface area contributed by atoms with Gasteiger partial charge in [-0.15, -0.1) is 0 Å². The van der Waals surface area contributed by atoms with E-state index in [4.69, 9.17) is 0 Å². The number of pyridine rings is 1. The molecule has 0 bridgehead atoms. The molecule has 20 heavy (non-hydrogen) atoms. The molecule has 0 radical (unpaired) electrons. The Kier molecular flexibility index (Phi) is 3.90. The van der Waals surface area contributed by atoms with Crippen molar-refractivity contribution in [2.45, 2.75) is 13.5 Å². The van der Waals surface area contributed by atoms with Gasteiger partial charge in [0.1, 0.15) is 5.69 Å². The van der Waals surface area contributed by atoms with Crippen LogP contribution in [-0.4, -0.2) is 41.2 Å². The molecule has 1 aromatic heterocycles. The van der Waals surface area contributed by atoms with Gasteiger partial charge in [0.05, 0.1) is 0 Å². The number of carbonyl (C=O) groups is 1. The first-order chi connectivity index (χ1) is 9.40. The highest BCUT2D eigenvalue weighted by atomic mass is 16.4. The Hall–Kier alpha value is -2.14. The average molecular weight is 274 g/mol. The summed E-state index contributed by atoms with van der Waals surface area (Å²) < 4.78 is 1.33. The highest BCUT2D eigenvalue weighted by molar-refractivity contribution is 5.92. The average Bonchev–Trinajstić information content (AvgIpc) is 2.36. The zero-order valence-electron chi connectivity index (χ0n) is 11.9. The third kappa shape index (κ3) is 2.72. The van der Waals surface area contributed by atoms with Gasteiger partial charge in [-0.25, -0.2) is 4.79 Å². The molecule has 0 saturated carbocycles. The van der Waals surface area contributed by atoms with E-state index in [0.29, 0.717) is 23.9 Å². The number of hydrogen-bond donors (Lipinski definition) is 1. The smallest absolute Gasteiger partial charge is 0.352 e. The van der Waals surface area contributed by atoms with Gasteiger partial charge in [-0.1, -0.05) is 17.7 Å². The molecule has 0 fully saturated rings. The monoisotopic (exact) mass is 274 g/mol. The summed E-state index contributed by atoms with van der Waals surface area (Å²) in [7, 11) is 3.77. The van der Waals surface area contributed by atoms with E-state index >= 15 is 0 Å². The molecule has 0 amide bonds. The number of aromatic carboxylic acids is 1. The van der Waals surface area contributed by atoms with Gasteiger partial charge in [-0.05, 0) is 38.5 Å². The molecular weight excluding hydrogens is 256 g/mol. The standard InChI is InChI=1S/C15H18N2O3/c1-10-4-5-12-11(8-10)9-13(15(19)20)17(14(12)18)7-6-16(2)3/h4-5,8-9H,6-7H2,1-3H3,(H,19,20). The predicted molar refractivity (Wildman–Crippen MR) is 78.5 cm³/mol. The predicted octanol–water partition coefficient (Wildman–Crippen LogP) is 1.57. The van der Waals surface area contributed by atoms with Crippen molar-refractivity contribution in [1.82, 2.24) is 9.47 Å². The molecule has 0 spiro atoms. The summed E-state index contributed by atoms with van der Waals surface area (Å²) in [4.78, 5) is 25.7. The fourth-order valence-electron chi connectivity index (χ4n) is 2.18. The van der Waals surface area contributed by atoms with Gasteiger partial charge in [0.2, 0.25) is 0 Å². The third-order valence-corrected chi connectivity index (χ3v) is 3.26. The SMILES string of the molecule is Cc1ccc2c(=O)n(CCN(C)C)c(C(=O)O)cc2c1. The van der Waals surface area contributed by atoms with Crippen LogP contribution in [0.5, 0.6) is 0 Å². The first-order valence-corrected chi connectivity index (χ1v) is 6.42. The lowest BCUT2D eigenvalue weighted by Gasteiger charge is -2.15. The maximum absolute atomic E-state index is 12.5. The summed E-state index contributed by atoms with van der Waals surface area (Å²) in [5, 5.41) is 10.5. The number of nitrogens with zero attached hydrogens (tertiary/aromatic N) is 2. The zero-order chi connectivity index (χ0) is 14.9. The van der Waals surface area contributed by atoms with Crippen LogP contribution < -0.4 is 5.56 Å². The van der Waals surface area contributed by atoms with Crippen LogP contribution in [0, 0.1) is 6.92 Å². The molecule has 1 aromatic carbocycles. The summed E-state index contributed by atoms with van der Waals surface area (Å²) in [6.45, 7) is 2.88. The van der Waals surface area contributed by atoms with E-state index in [1.54, 1.807) is 12.1 Å². The Labute approximate surface area is 117 Å². The van der Waals surface area contributed by atoms with Crippen molar-refractivity contribution in [1.29, 1.82) is 0 Å². The minimum Gasteiger partial charge on any atom is -0.477 e. The second-order valence-corrected chi connectivity index (χ2v) is 5.19. The molecule has 2 aromatic rings. The van der Waals surface area contributed by atoms with Crippen LogP contribution in [0.15, 0.2) is 29.1 Å². The minimum absolute atomic E-state index is 0.0370. The van der Waals surface area contributed by atoms with Gasteiger partial charge in [0.15, 0.2) is 0 Å². The topological polar surface area (TPSA) is 62.5 Å². The molecule has 0 unspecified atom stereocenters. The van der Waals surface area contributed by atoms with E-state index in [-0.39, 0.29) is 11.3 Å². The molecule has 0 aliphatic heterocycles. The molecule has 106 valence electrons. The van der Waals surface area contributed by atoms with Gasteiger partial charge >= 0.3 is 5.97 Å². The highest BCUT2D eigenvalue weighted by Crippen LogP contribution is 2.14. The molecule has 0 aliphatic rings. The lowest BCUT2D eigenvalue weighted by molar-refractivity contribution is 0.0683. The first-order valence-electron chi connectivity index (χ1n) is 6.42. The number of benzene rings is 1. The van der Waals surface area contributed by atoms with Crippen molar-refractivity contribution in [3.63, 3.8) is 0 Å². The summed E-state index contributed by atoms with van der Waals surface area (Å²) >= 11 is 0. The van der Waals surface area contributed by atoms with Gasteiger partial charge in [0, 0.05) is 18.5 Å². The Morgan fingerprint density at radius 3 is 2.60 bits per heavy atom. The molecule has 0 aliphatic carbocycles. The number of fused-ring (bicyclic) bond motifs is 1. The fourth-order valence-corrected chi connectivity index (χ4v) is 2.18. The van der Waals surface area contributed by atoms with Gasteiger partial charge in [-0.2, -0.15) is 0 Å². The van der Waals surface area contributed by atoms with E-state index in [1.165, 1.54) is 4.57 Å². The lowest BCUT2D eigenvalue weighted by atomic mass is 10.1. The molecular formula is C15H18N2O3. The van der Waals surface area contributed by atoms with Crippen molar-refractivity contribution < 1.29 is 9.90 Å². The van der Waals surface area contributed by atoms with Crippen molar-refractivity contribution in [2.24, 2.45) is 0 Å². The molecule has 5 heteroatoms. The van der Waals surface area contributed by atoms with E-state index < -0.39 is 5.97 Å². The second-order valence-electron chi connectivity index (χ2n) is 5.19. The quantitative estimate of drug-likeness (QED) is 0.919. The van der Waals surface area contributed by atoms with Crippen LogP contribution in [-0.2, 0) is 6.54 Å². The van der Waals surface area contributed by atoms with Crippen LogP contribution in [0.4, 0.5) is 0 Å². The largest absolute Gasteiger partial charge is 0.477 e. The van der Waals surface area contributed by atoms with E-state index in [0.717, 1.165) is 5.56 Å². The summed E-state index contributed by atoms with van der Waals surface area (Å²) in [6.07, 6.45) is 0. The molecule has 5 nitrogen and oxygen atoms in total. The second kappa shape index (κ2) is 5.46. The van der Waals surface area contributed by atoms with Crippen LogP contribution in [0.2, 0.25) is 0 Å². The Morgan fingerprint density at radius 2 is 2.00 bits per heavy atom. The van der Waals surface area contributed by atoms with Crippen molar-refractivity contribution in [3.05, 3.63) is 45.9 Å². The highest BCUT2D eigenvalue weighted by Gasteiger charge is 2.14. The van der Waals surface area contributed by atoms with Crippen molar-refractivity contribution in [3.8, 4) is 0 Å². The molecule has 0 saturated heterocycles. The Bertz CT molecular complexity index is 717. The fraction of sp³-hybridized carbons (Fsp3) is 0.333. The lowest BCUT2D eigenvalue weighted by Crippen LogP contribution is -2.30. The van der Waals surface area contributed by atoms with Crippen LogP contribution >= 0.6 is 0 Å². The normalized spacial score (nSPS) is 11.2. The minimum atomic E-state index is -1.08. The molecule has 2 rings (SSSR count). The van der Waals surface area contributed by atoms with Crippen molar-refractivity contribution in [2.75, 3.05) is 20.6 Å². The Balaban J connectivity index is 2.67. The van der Waals surface area contributed by atoms with E-state index in [9.17, 15) is 14.7 Å². The number of rotatable bonds is 4. The number of likely N-dealkylation sites (N-methyl/N-ethyl adjacent to an activating group) is 1. The van der Waals surface area contributed by atoms with Crippen LogP contribution in [0.3, 0.4) is 0 Å². The Morgan fingerprint density at radius 1 is 1.30 bits per heavy atom. The van der Waals surface area contributed by atoms with Gasteiger partial charge < -0.3 is 14.6 Å². The summed E-state index contributed by atoms with van der Waals surface area (Å²) in [5.41, 5.74) is 0.788. The summed E-state index contributed by atoms with van der Waals surface area (Å²) in [5.74, 6) is -1.08. The van der Waals surface area contributed by atoms with Crippen LogP contribution in [0.25, 0.3) is 10.8 Å². The third-order valence-electron chi connectivity index (χ3n) is 3.26. The summed E-state index contributed by atoms with van der Waals surface area (Å²) in [6, 6.07) is 7.02. The molecule has 1 heterocycles. The number of hydrogen-bond acceptors (Lipinski definition) is 3.